The molecule has 0 bridgehead atoms. The number of aliphatic carboxylic acids is 1. The second-order valence-electron chi connectivity index (χ2n) is 19.6. The van der Waals surface area contributed by atoms with E-state index in [-0.39, 0.29) is 32.4 Å². The number of nitrogens with two attached hydrogens (primary N) is 2. The first-order chi connectivity index (χ1) is 40.4. The van der Waals surface area contributed by atoms with Crippen LogP contribution in [0, 0.1) is 0 Å². The molecule has 2 aliphatic heterocycles. The Bertz CT molecular complexity index is 2390. The number of carboxylic acid groups (broad SMARTS) is 1. The molecule has 0 radical (unpaired) electrons. The van der Waals surface area contributed by atoms with Crippen molar-refractivity contribution in [3.8, 4) is 0 Å². The van der Waals surface area contributed by atoms with Gasteiger partial charge in [0.1, 0.15) is 85.5 Å². The Morgan fingerprint density at radius 1 is 0.535 bits per heavy atom. The molecule has 2 saturated heterocycles. The van der Waals surface area contributed by atoms with Crippen LogP contribution in [-0.2, 0) is 86.1 Å². The monoisotopic (exact) mass is 1240 g/mol. The largest absolute Gasteiger partial charge is 0.480 e. The molecule has 0 aliphatic carbocycles. The van der Waals surface area contributed by atoms with Crippen LogP contribution < -0.4 is 75.3 Å². The zero-order valence-electron chi connectivity index (χ0n) is 47.7. The molecule has 2 rings (SSSR count). The highest BCUT2D eigenvalue weighted by Gasteiger charge is 2.53. The number of aliphatic hydroxyl groups excluding tert-OH is 5. The highest BCUT2D eigenvalue weighted by molar-refractivity contribution is 5.95. The number of primary amides is 1. The Morgan fingerprint density at radius 2 is 1.06 bits per heavy atom. The van der Waals surface area contributed by atoms with Crippen molar-refractivity contribution in [2.45, 2.75) is 158 Å². The van der Waals surface area contributed by atoms with Gasteiger partial charge in [-0.25, -0.2) is 0 Å². The van der Waals surface area contributed by atoms with Gasteiger partial charge in [0.05, 0.1) is 45.9 Å². The van der Waals surface area contributed by atoms with Crippen molar-refractivity contribution in [2.24, 2.45) is 11.5 Å². The van der Waals surface area contributed by atoms with E-state index in [0.29, 0.717) is 0 Å². The molecule has 486 valence electrons. The number of carbonyl (C=O) groups excluding carboxylic acids is 13. The van der Waals surface area contributed by atoms with E-state index < -0.39 is 233 Å². The number of unbranched alkanes of at least 4 members (excludes halogenated alkanes) is 1. The third kappa shape index (κ3) is 26.2. The van der Waals surface area contributed by atoms with Crippen molar-refractivity contribution >= 4 is 82.8 Å². The van der Waals surface area contributed by atoms with Gasteiger partial charge in [-0.2, -0.15) is 0 Å². The van der Waals surface area contributed by atoms with Gasteiger partial charge in [0.25, 0.3) is 0 Å². The van der Waals surface area contributed by atoms with E-state index in [1.54, 1.807) is 0 Å². The fourth-order valence-corrected chi connectivity index (χ4v) is 8.04. The van der Waals surface area contributed by atoms with Crippen LogP contribution in [0.1, 0.15) is 66.7 Å². The lowest BCUT2D eigenvalue weighted by atomic mass is 9.94. The number of ether oxygens (including phenoxy) is 4. The van der Waals surface area contributed by atoms with Gasteiger partial charge in [-0.15, -0.1) is 0 Å². The van der Waals surface area contributed by atoms with Gasteiger partial charge in [-0.05, 0) is 46.5 Å². The first kappa shape index (κ1) is 74.3. The molecule has 0 aromatic carbocycles. The van der Waals surface area contributed by atoms with Crippen LogP contribution in [0.3, 0.4) is 0 Å². The second-order valence-corrected chi connectivity index (χ2v) is 19.6. The SMILES string of the molecule is CC(=O)NC1C(OC2C(CO)OC(O)C(NC(C)=O)C2OC(C)C(=O)NC(C)C(=O)NC(CCC(=O)NC(CCCCNC(=O)CNC(=O)CNC(=O)CNC(=O)CNC(=O)CN)C(=O)NC(C)C(=O)NCC(=O)O)C(N)=O)OC(CO)C(O)C1O. The fraction of sp³-hybridized carbons (Fsp3) is 0.708. The molecular formula is C48H80N14O24. The first-order valence-electron chi connectivity index (χ1n) is 26.9. The lowest BCUT2D eigenvalue weighted by Crippen LogP contribution is -2.70. The van der Waals surface area contributed by atoms with E-state index in [2.05, 4.69) is 63.8 Å². The van der Waals surface area contributed by atoms with Crippen LogP contribution in [0.2, 0.25) is 0 Å². The molecule has 15 unspecified atom stereocenters. The van der Waals surface area contributed by atoms with Crippen molar-refractivity contribution in [1.82, 2.24) is 63.8 Å². The molecule has 13 amide bonds. The number of aliphatic hydroxyl groups is 5. The lowest BCUT2D eigenvalue weighted by Gasteiger charge is -2.48. The summed E-state index contributed by atoms with van der Waals surface area (Å²) in [6.45, 7) is 0.818. The zero-order chi connectivity index (χ0) is 65.0. The average Bonchev–Trinajstić information content (AvgIpc) is 2.05. The Labute approximate surface area is 491 Å². The number of carbonyl (C=O) groups is 14. The van der Waals surface area contributed by atoms with Crippen molar-refractivity contribution in [1.29, 1.82) is 0 Å². The van der Waals surface area contributed by atoms with E-state index in [1.807, 2.05) is 0 Å². The number of nitrogens with one attached hydrogen (secondary N) is 12. The van der Waals surface area contributed by atoms with Gasteiger partial charge in [-0.3, -0.25) is 67.1 Å². The molecule has 2 fully saturated rings. The normalized spacial score (nSPS) is 23.3. The molecule has 0 aromatic rings. The van der Waals surface area contributed by atoms with Crippen LogP contribution in [0.4, 0.5) is 0 Å². The molecule has 0 aromatic heterocycles. The van der Waals surface area contributed by atoms with Gasteiger partial charge in [0.15, 0.2) is 12.6 Å². The summed E-state index contributed by atoms with van der Waals surface area (Å²) in [4.78, 5) is 174. The van der Waals surface area contributed by atoms with Crippen molar-refractivity contribution in [3.05, 3.63) is 0 Å². The molecule has 38 nitrogen and oxygen atoms in total. The summed E-state index contributed by atoms with van der Waals surface area (Å²) in [6, 6.07) is -8.87. The molecule has 86 heavy (non-hydrogen) atoms. The van der Waals surface area contributed by atoms with Crippen LogP contribution in [0.25, 0.3) is 0 Å². The minimum absolute atomic E-state index is 0.0111. The van der Waals surface area contributed by atoms with E-state index >= 15 is 0 Å². The van der Waals surface area contributed by atoms with E-state index in [0.717, 1.165) is 13.8 Å². The second kappa shape index (κ2) is 37.6. The first-order valence-corrected chi connectivity index (χ1v) is 26.9. The molecule has 22 N–H and O–H groups in total. The van der Waals surface area contributed by atoms with Crippen molar-refractivity contribution in [2.75, 3.05) is 59.0 Å². The van der Waals surface area contributed by atoms with Gasteiger partial charge >= 0.3 is 5.97 Å². The maximum Gasteiger partial charge on any atom is 0.322 e. The van der Waals surface area contributed by atoms with Crippen LogP contribution in [0.5, 0.6) is 0 Å². The summed E-state index contributed by atoms with van der Waals surface area (Å²) in [5, 5.41) is 89.1. The van der Waals surface area contributed by atoms with Crippen LogP contribution in [-0.4, -0.2) is 264 Å². The molecule has 2 aliphatic rings. The predicted octanol–water partition coefficient (Wildman–Crippen LogP) is -12.5. The molecule has 2 heterocycles. The topological polar surface area (TPSA) is 594 Å². The van der Waals surface area contributed by atoms with E-state index in [9.17, 15) is 92.7 Å². The average molecular weight is 1240 g/mol. The molecule has 0 saturated carbocycles. The third-order valence-electron chi connectivity index (χ3n) is 12.6. The standard InChI is InChI=1S/C48H80N14O24/c1-20(43(78)56-17-35(73)74)58-46(81)26(8-6-7-11-51-31(69)13-53-33(71)15-55-34(72)16-54-32(70)14-52-30(68)12-49)61-29(67)10-9-25(42(50)77)62-44(79)21(2)57-45(80)22(3)83-41-37(60-24(5)66)47(82)84-28(19-64)40(41)86-48-36(59-23(4)65)39(76)38(75)27(18-63)85-48/h20-22,25-28,36-41,47-48,63-64,75-76,82H,6-19,49H2,1-5H3,(H2,50,77)(H,51,69)(H,52,68)(H,53,71)(H,54,70)(H,55,72)(H,56,78)(H,57,80)(H,58,81)(H,59,65)(H,60,66)(H,61,67)(H,62,79)(H,73,74). The highest BCUT2D eigenvalue weighted by Crippen LogP contribution is 2.31. The summed E-state index contributed by atoms with van der Waals surface area (Å²) < 4.78 is 23.2. The van der Waals surface area contributed by atoms with Gasteiger partial charge in [0, 0.05) is 26.8 Å². The molecular weight excluding hydrogens is 1160 g/mol. The summed E-state index contributed by atoms with van der Waals surface area (Å²) in [5.74, 6) is -12.2. The molecule has 15 atom stereocenters. The summed E-state index contributed by atoms with van der Waals surface area (Å²) >= 11 is 0. The lowest BCUT2D eigenvalue weighted by molar-refractivity contribution is -0.333. The number of hydrogen-bond donors (Lipinski definition) is 20. The summed E-state index contributed by atoms with van der Waals surface area (Å²) in [7, 11) is 0. The molecule has 0 spiro atoms. The number of carboxylic acids is 1. The summed E-state index contributed by atoms with van der Waals surface area (Å²) in [6.07, 6.45) is -16.0. The van der Waals surface area contributed by atoms with Crippen molar-refractivity contribution < 1.29 is 117 Å². The number of rotatable bonds is 36. The maximum absolute atomic E-state index is 13.6. The minimum Gasteiger partial charge on any atom is -0.480 e. The van der Waals surface area contributed by atoms with Crippen LogP contribution in [0.15, 0.2) is 0 Å². The van der Waals surface area contributed by atoms with Gasteiger partial charge in [-0.1, -0.05) is 0 Å². The number of amides is 13. The van der Waals surface area contributed by atoms with E-state index in [1.165, 1.54) is 20.8 Å². The van der Waals surface area contributed by atoms with Crippen LogP contribution >= 0.6 is 0 Å². The van der Waals surface area contributed by atoms with E-state index in [4.69, 9.17) is 35.5 Å². The number of hydrogen-bond acceptors (Lipinski definition) is 24. The van der Waals surface area contributed by atoms with Gasteiger partial charge < -0.3 is 125 Å². The summed E-state index contributed by atoms with van der Waals surface area (Å²) in [5.41, 5.74) is 10.7. The highest BCUT2D eigenvalue weighted by atomic mass is 16.7. The smallest absolute Gasteiger partial charge is 0.322 e. The quantitative estimate of drug-likeness (QED) is 0.0259. The molecule has 38 heteroatoms. The Morgan fingerprint density at radius 3 is 1.58 bits per heavy atom. The Balaban J connectivity index is 2.09. The fourth-order valence-electron chi connectivity index (χ4n) is 8.04. The third-order valence-corrected chi connectivity index (χ3v) is 12.6. The maximum atomic E-state index is 13.6. The zero-order valence-corrected chi connectivity index (χ0v) is 47.7. The predicted molar refractivity (Wildman–Crippen MR) is 286 cm³/mol. The Kier molecular flexibility index (Phi) is 32.5. The Hall–Kier alpha value is -7.82. The van der Waals surface area contributed by atoms with Gasteiger partial charge in [0.2, 0.25) is 76.8 Å². The van der Waals surface area contributed by atoms with Crippen molar-refractivity contribution in [3.63, 3.8) is 0 Å². The minimum atomic E-state index is -1.93.